The Balaban J connectivity index is 1.68. The largest absolute Gasteiger partial charge is 0.378 e. The summed E-state index contributed by atoms with van der Waals surface area (Å²) in [5, 5.41) is 3.97. The van der Waals surface area contributed by atoms with Crippen LogP contribution in [-0.2, 0) is 81.4 Å². The molecule has 3 saturated heterocycles. The van der Waals surface area contributed by atoms with Crippen LogP contribution >= 0.6 is 0 Å². The summed E-state index contributed by atoms with van der Waals surface area (Å²) < 4.78 is 22.8. The van der Waals surface area contributed by atoms with Gasteiger partial charge in [-0.1, -0.05) is 0 Å². The van der Waals surface area contributed by atoms with Crippen LogP contribution in [0.25, 0.3) is 0 Å². The summed E-state index contributed by atoms with van der Waals surface area (Å²) >= 11 is 0. The van der Waals surface area contributed by atoms with Crippen LogP contribution in [0, 0.1) is 0 Å². The number of hydroxylamine groups is 6. The fourth-order valence-electron chi connectivity index (χ4n) is 5.15. The lowest BCUT2D eigenvalue weighted by molar-refractivity contribution is -0.198. The number of hydrogen-bond acceptors (Lipinski definition) is 17. The highest BCUT2D eigenvalue weighted by atomic mass is 16.7. The summed E-state index contributed by atoms with van der Waals surface area (Å²) in [5.41, 5.74) is -2.21. The third kappa shape index (κ3) is 13.8. The second-order valence-corrected chi connectivity index (χ2v) is 13.1. The lowest BCUT2D eigenvalue weighted by Crippen LogP contribution is -2.59. The molecule has 3 heterocycles. The Kier molecular flexibility index (Phi) is 16.6. The molecular formula is C33H46N4O17. The van der Waals surface area contributed by atoms with Gasteiger partial charge in [-0.25, -0.2) is 14.4 Å². The van der Waals surface area contributed by atoms with Gasteiger partial charge in [0, 0.05) is 51.6 Å². The molecule has 54 heavy (non-hydrogen) atoms. The fourth-order valence-corrected chi connectivity index (χ4v) is 5.15. The first-order chi connectivity index (χ1) is 25.5. The highest BCUT2D eigenvalue weighted by molar-refractivity contribution is 6.02. The van der Waals surface area contributed by atoms with Crippen molar-refractivity contribution in [3.8, 4) is 0 Å². The van der Waals surface area contributed by atoms with Crippen molar-refractivity contribution in [2.24, 2.45) is 0 Å². The van der Waals surface area contributed by atoms with E-state index in [9.17, 15) is 47.9 Å². The van der Waals surface area contributed by atoms with E-state index in [4.69, 9.17) is 33.5 Å². The maximum absolute atomic E-state index is 13.3. The molecule has 3 aliphatic heterocycles. The Morgan fingerprint density at radius 1 is 0.556 bits per heavy atom. The number of nitrogens with zero attached hydrogens (tertiary/aromatic N) is 3. The average molecular weight is 771 g/mol. The quantitative estimate of drug-likeness (QED) is 0.0956. The molecular weight excluding hydrogens is 724 g/mol. The summed E-state index contributed by atoms with van der Waals surface area (Å²) in [7, 11) is 0. The molecule has 300 valence electrons. The van der Waals surface area contributed by atoms with E-state index in [1.54, 1.807) is 13.8 Å². The maximum Gasteiger partial charge on any atom is 0.335 e. The topological polar surface area (TPSA) is 257 Å². The number of rotatable bonds is 24. The van der Waals surface area contributed by atoms with E-state index >= 15 is 0 Å². The maximum atomic E-state index is 13.3. The highest BCUT2D eigenvalue weighted by Crippen LogP contribution is 2.19. The molecule has 7 amide bonds. The average Bonchev–Trinajstić information content (AvgIpc) is 3.73. The van der Waals surface area contributed by atoms with Gasteiger partial charge < -0.3 is 38.8 Å². The van der Waals surface area contributed by atoms with Gasteiger partial charge in [-0.3, -0.25) is 33.6 Å². The first-order valence-electron chi connectivity index (χ1n) is 17.4. The van der Waals surface area contributed by atoms with Gasteiger partial charge in [0.2, 0.25) is 5.91 Å². The number of carbonyl (C=O) groups excluding carboxylic acids is 10. The van der Waals surface area contributed by atoms with Crippen LogP contribution in [0.5, 0.6) is 0 Å². The molecule has 3 rings (SSSR count). The zero-order valence-corrected chi connectivity index (χ0v) is 30.5. The van der Waals surface area contributed by atoms with Gasteiger partial charge in [0.15, 0.2) is 0 Å². The molecule has 0 aromatic heterocycles. The molecule has 0 aliphatic carbocycles. The van der Waals surface area contributed by atoms with Crippen molar-refractivity contribution in [3.63, 3.8) is 0 Å². The predicted octanol–water partition coefficient (Wildman–Crippen LogP) is -0.522. The molecule has 3 fully saturated rings. The number of nitrogens with one attached hydrogen (secondary N) is 1. The van der Waals surface area contributed by atoms with E-state index in [1.807, 2.05) is 6.92 Å². The normalized spacial score (nSPS) is 16.5. The molecule has 0 aromatic carbocycles. The second kappa shape index (κ2) is 20.6. The predicted molar refractivity (Wildman–Crippen MR) is 174 cm³/mol. The van der Waals surface area contributed by atoms with Crippen LogP contribution in [-0.4, -0.2) is 132 Å². The Morgan fingerprint density at radius 3 is 1.17 bits per heavy atom. The van der Waals surface area contributed by atoms with Gasteiger partial charge in [-0.15, -0.1) is 15.2 Å². The fraction of sp³-hybridized carbons (Fsp3) is 0.697. The van der Waals surface area contributed by atoms with Crippen molar-refractivity contribution in [2.45, 2.75) is 103 Å². The van der Waals surface area contributed by atoms with E-state index in [0.29, 0.717) is 28.2 Å². The molecule has 0 bridgehead atoms. The second-order valence-electron chi connectivity index (χ2n) is 13.1. The first-order valence-corrected chi connectivity index (χ1v) is 17.4. The Hall–Kier alpha value is -4.86. The van der Waals surface area contributed by atoms with Crippen LogP contribution in [0.4, 0.5) is 0 Å². The molecule has 21 nitrogen and oxygen atoms in total. The Morgan fingerprint density at radius 2 is 0.870 bits per heavy atom. The van der Waals surface area contributed by atoms with E-state index in [2.05, 4.69) is 5.32 Å². The molecule has 0 saturated carbocycles. The summed E-state index contributed by atoms with van der Waals surface area (Å²) in [6, 6.07) is 0. The molecule has 1 N–H and O–H groups in total. The molecule has 0 aromatic rings. The van der Waals surface area contributed by atoms with Crippen LogP contribution in [0.2, 0.25) is 0 Å². The SMILES string of the molecule is CCOC(C)(C)CCC(=O)NC(COCCC(=O)ON1C(=O)CCC1=O)(COCCC(=O)ON1C(=O)CCC1=O)COCCC(=O)ON1C(=O)CCC1=O. The van der Waals surface area contributed by atoms with E-state index in [1.165, 1.54) is 0 Å². The standard InChI is InChI=1S/C33H46N4O17/c1-4-51-32(2,3)15-11-22(38)34-33(19-48-16-12-29(45)52-35-23(39)5-6-24(35)40,20-49-17-13-30(46)53-36-25(41)7-8-26(36)42)21-50-18-14-31(47)54-37-27(43)9-10-28(37)44/h4-21H2,1-3H3,(H,34,38). The summed E-state index contributed by atoms with van der Waals surface area (Å²) in [4.78, 5) is 136. The van der Waals surface area contributed by atoms with Crippen molar-refractivity contribution in [1.29, 1.82) is 0 Å². The zero-order chi connectivity index (χ0) is 39.9. The molecule has 21 heteroatoms. The minimum atomic E-state index is -1.55. The molecule has 3 aliphatic rings. The van der Waals surface area contributed by atoms with Gasteiger partial charge in [0.25, 0.3) is 35.4 Å². The molecule has 0 unspecified atom stereocenters. The minimum Gasteiger partial charge on any atom is -0.378 e. The summed E-state index contributed by atoms with van der Waals surface area (Å²) in [6.45, 7) is 3.71. The van der Waals surface area contributed by atoms with E-state index in [-0.39, 0.29) is 84.6 Å². The van der Waals surface area contributed by atoms with Crippen molar-refractivity contribution < 1.29 is 81.4 Å². The summed E-state index contributed by atoms with van der Waals surface area (Å²) in [6.07, 6.45) is -1.53. The molecule has 0 spiro atoms. The minimum absolute atomic E-state index is 0.0343. The van der Waals surface area contributed by atoms with Crippen molar-refractivity contribution in [1.82, 2.24) is 20.5 Å². The van der Waals surface area contributed by atoms with E-state index < -0.39 is 89.7 Å². The van der Waals surface area contributed by atoms with Gasteiger partial charge in [0.1, 0.15) is 5.54 Å². The van der Waals surface area contributed by atoms with Crippen molar-refractivity contribution in [3.05, 3.63) is 0 Å². The number of carbonyl (C=O) groups is 10. The molecule has 0 radical (unpaired) electrons. The lowest BCUT2D eigenvalue weighted by atomic mass is 9.99. The number of hydrogen-bond donors (Lipinski definition) is 1. The lowest BCUT2D eigenvalue weighted by Gasteiger charge is -2.35. The smallest absolute Gasteiger partial charge is 0.335 e. The van der Waals surface area contributed by atoms with Crippen LogP contribution in [0.15, 0.2) is 0 Å². The monoisotopic (exact) mass is 770 g/mol. The Bertz CT molecular complexity index is 1270. The van der Waals surface area contributed by atoms with Gasteiger partial charge in [-0.2, -0.15) is 0 Å². The van der Waals surface area contributed by atoms with Crippen LogP contribution < -0.4 is 5.32 Å². The van der Waals surface area contributed by atoms with Gasteiger partial charge in [-0.05, 0) is 27.2 Å². The Labute approximate surface area is 310 Å². The van der Waals surface area contributed by atoms with E-state index in [0.717, 1.165) is 0 Å². The third-order valence-electron chi connectivity index (χ3n) is 7.98. The van der Waals surface area contributed by atoms with Gasteiger partial charge in [0.05, 0.1) is 64.5 Å². The number of ether oxygens (including phenoxy) is 4. The third-order valence-corrected chi connectivity index (χ3v) is 7.98. The number of imide groups is 3. The van der Waals surface area contributed by atoms with Crippen molar-refractivity contribution in [2.75, 3.05) is 46.2 Å². The zero-order valence-electron chi connectivity index (χ0n) is 30.5. The van der Waals surface area contributed by atoms with Crippen LogP contribution in [0.1, 0.15) is 91.4 Å². The number of amides is 7. The van der Waals surface area contributed by atoms with Gasteiger partial charge >= 0.3 is 17.9 Å². The van der Waals surface area contributed by atoms with Crippen molar-refractivity contribution >= 4 is 59.3 Å². The molecule has 0 atom stereocenters. The highest BCUT2D eigenvalue weighted by Gasteiger charge is 2.37. The first kappa shape index (κ1) is 43.5. The summed E-state index contributed by atoms with van der Waals surface area (Å²) in [5.74, 6) is -7.32. The van der Waals surface area contributed by atoms with Crippen LogP contribution in [0.3, 0.4) is 0 Å².